The normalized spacial score (nSPS) is 13.7. The minimum Gasteiger partial charge on any atom is -0.383 e. The van der Waals surface area contributed by atoms with E-state index in [1.165, 1.54) is 22.5 Å². The Morgan fingerprint density at radius 1 is 0.907 bits per heavy atom. The van der Waals surface area contributed by atoms with Gasteiger partial charge in [-0.2, -0.15) is 0 Å². The van der Waals surface area contributed by atoms with Crippen LogP contribution in [-0.2, 0) is 11.3 Å². The van der Waals surface area contributed by atoms with E-state index >= 15 is 0 Å². The number of ether oxygens (including phenoxy) is 1. The van der Waals surface area contributed by atoms with Gasteiger partial charge in [0.05, 0.1) is 19.2 Å². The van der Waals surface area contributed by atoms with Crippen molar-refractivity contribution < 1.29 is 14.3 Å². The minimum atomic E-state index is -0.222. The van der Waals surface area contributed by atoms with Crippen LogP contribution >= 0.6 is 11.3 Å². The zero-order chi connectivity index (χ0) is 30.2. The summed E-state index contributed by atoms with van der Waals surface area (Å²) < 4.78 is 5.26. The Morgan fingerprint density at radius 2 is 1.51 bits per heavy atom. The Bertz CT molecular complexity index is 1440. The van der Waals surface area contributed by atoms with Crippen molar-refractivity contribution in [3.8, 4) is 0 Å². The zero-order valence-electron chi connectivity index (χ0n) is 25.0. The van der Waals surface area contributed by atoms with Gasteiger partial charge in [0.1, 0.15) is 10.7 Å². The first-order valence-electron chi connectivity index (χ1n) is 14.6. The van der Waals surface area contributed by atoms with Gasteiger partial charge in [0.15, 0.2) is 0 Å². The van der Waals surface area contributed by atoms with Crippen LogP contribution in [0.25, 0.3) is 0 Å². The second-order valence-electron chi connectivity index (χ2n) is 10.8. The second-order valence-corrected chi connectivity index (χ2v) is 11.7. The Balaban J connectivity index is 1.23. The third kappa shape index (κ3) is 7.48. The molecule has 43 heavy (non-hydrogen) atoms. The highest BCUT2D eigenvalue weighted by Crippen LogP contribution is 2.30. The van der Waals surface area contributed by atoms with Crippen molar-refractivity contribution in [3.05, 3.63) is 117 Å². The molecule has 9 heteroatoms. The summed E-state index contributed by atoms with van der Waals surface area (Å²) in [5.74, 6) is -0.0680. The average Bonchev–Trinajstić information content (AvgIpc) is 3.51. The smallest absolute Gasteiger partial charge is 0.322 e. The molecule has 8 nitrogen and oxygen atoms in total. The molecule has 1 aliphatic heterocycles. The van der Waals surface area contributed by atoms with Gasteiger partial charge in [-0.05, 0) is 36.1 Å². The number of aryl methyl sites for hydroxylation is 2. The van der Waals surface area contributed by atoms with E-state index in [2.05, 4.69) is 63.7 Å². The molecular weight excluding hydrogens is 558 g/mol. The van der Waals surface area contributed by atoms with E-state index in [9.17, 15) is 9.59 Å². The van der Waals surface area contributed by atoms with E-state index in [0.717, 1.165) is 29.9 Å². The molecule has 0 radical (unpaired) electrons. The fourth-order valence-corrected chi connectivity index (χ4v) is 6.31. The lowest BCUT2D eigenvalue weighted by atomic mass is 9.96. The van der Waals surface area contributed by atoms with Crippen LogP contribution in [0, 0.1) is 13.8 Å². The summed E-state index contributed by atoms with van der Waals surface area (Å²) in [4.78, 5) is 37.4. The number of thiazole rings is 1. The van der Waals surface area contributed by atoms with Crippen molar-refractivity contribution in [1.29, 1.82) is 0 Å². The molecular formula is C34H39N5O3S. The summed E-state index contributed by atoms with van der Waals surface area (Å²) >= 11 is 1.40. The molecule has 2 heterocycles. The van der Waals surface area contributed by atoms with Crippen LogP contribution in [0.4, 0.5) is 10.5 Å². The number of rotatable bonds is 10. The number of urea groups is 1. The van der Waals surface area contributed by atoms with Gasteiger partial charge < -0.3 is 19.9 Å². The standard InChI is InChI=1S/C34H39N5O3S/c1-25-11-10-12-26(2)31(25)36-34(41)39(21-22-42-3)23-30-35-29(24-43-30)33(40)38-19-17-37(18-20-38)32(27-13-6-4-7-14-27)28-15-8-5-9-16-28/h4-16,24,32H,17-23H2,1-3H3,(H,36,41). The van der Waals surface area contributed by atoms with E-state index in [4.69, 9.17) is 4.74 Å². The molecule has 3 amide bonds. The second kappa shape index (κ2) is 14.4. The number of methoxy groups -OCH3 is 1. The maximum Gasteiger partial charge on any atom is 0.322 e. The molecule has 0 atom stereocenters. The summed E-state index contributed by atoms with van der Waals surface area (Å²) in [5.41, 5.74) is 5.74. The minimum absolute atomic E-state index is 0.0680. The molecule has 0 unspecified atom stereocenters. The van der Waals surface area contributed by atoms with Gasteiger partial charge in [0.2, 0.25) is 0 Å². The molecule has 1 fully saturated rings. The van der Waals surface area contributed by atoms with Crippen LogP contribution in [0.2, 0.25) is 0 Å². The number of carbonyl (C=O) groups is 2. The Kier molecular flexibility index (Phi) is 10.2. The first-order chi connectivity index (χ1) is 20.9. The number of hydrogen-bond donors (Lipinski definition) is 1. The predicted molar refractivity (Wildman–Crippen MR) is 172 cm³/mol. The topological polar surface area (TPSA) is 78.0 Å². The number of piperazine rings is 1. The molecule has 1 aliphatic rings. The number of amides is 3. The van der Waals surface area contributed by atoms with Crippen LogP contribution in [-0.4, -0.2) is 78.1 Å². The van der Waals surface area contributed by atoms with E-state index < -0.39 is 0 Å². The highest BCUT2D eigenvalue weighted by molar-refractivity contribution is 7.09. The van der Waals surface area contributed by atoms with Crippen LogP contribution < -0.4 is 5.32 Å². The summed E-state index contributed by atoms with van der Waals surface area (Å²) in [6.45, 7) is 7.83. The number of nitrogens with one attached hydrogen (secondary N) is 1. The predicted octanol–water partition coefficient (Wildman–Crippen LogP) is 5.99. The van der Waals surface area contributed by atoms with Crippen molar-refractivity contribution in [2.24, 2.45) is 0 Å². The number of hydrogen-bond acceptors (Lipinski definition) is 6. The number of carbonyl (C=O) groups excluding carboxylic acids is 2. The van der Waals surface area contributed by atoms with Crippen LogP contribution in [0.5, 0.6) is 0 Å². The fraction of sp³-hybridized carbons (Fsp3) is 0.324. The van der Waals surface area contributed by atoms with Gasteiger partial charge in [-0.3, -0.25) is 9.69 Å². The van der Waals surface area contributed by atoms with Crippen molar-refractivity contribution in [2.45, 2.75) is 26.4 Å². The monoisotopic (exact) mass is 597 g/mol. The average molecular weight is 598 g/mol. The van der Waals surface area contributed by atoms with Gasteiger partial charge in [0.25, 0.3) is 5.91 Å². The first kappa shape index (κ1) is 30.4. The van der Waals surface area contributed by atoms with Crippen molar-refractivity contribution in [2.75, 3.05) is 51.8 Å². The third-order valence-corrected chi connectivity index (χ3v) is 8.69. The molecule has 224 valence electrons. The van der Waals surface area contributed by atoms with Gasteiger partial charge in [-0.1, -0.05) is 78.9 Å². The number of aromatic nitrogens is 1. The maximum atomic E-state index is 13.5. The van der Waals surface area contributed by atoms with E-state index in [1.54, 1.807) is 17.4 Å². The molecule has 0 aliphatic carbocycles. The Hall–Kier alpha value is -4.05. The van der Waals surface area contributed by atoms with E-state index in [0.29, 0.717) is 43.5 Å². The van der Waals surface area contributed by atoms with Crippen LogP contribution in [0.3, 0.4) is 0 Å². The molecule has 0 bridgehead atoms. The largest absolute Gasteiger partial charge is 0.383 e. The van der Waals surface area contributed by atoms with Crippen molar-refractivity contribution in [3.63, 3.8) is 0 Å². The SMILES string of the molecule is COCCN(Cc1nc(C(=O)N2CCN(C(c3ccccc3)c3ccccc3)CC2)cs1)C(=O)Nc1c(C)cccc1C. The molecule has 4 aromatic rings. The Labute approximate surface area is 257 Å². The molecule has 1 saturated heterocycles. The lowest BCUT2D eigenvalue weighted by molar-refractivity contribution is 0.0592. The molecule has 0 saturated carbocycles. The van der Waals surface area contributed by atoms with Gasteiger partial charge in [-0.15, -0.1) is 11.3 Å². The van der Waals surface area contributed by atoms with Crippen LogP contribution in [0.15, 0.2) is 84.2 Å². The Morgan fingerprint density at radius 3 is 2.09 bits per heavy atom. The number of nitrogens with zero attached hydrogens (tertiary/aromatic N) is 4. The van der Waals surface area contributed by atoms with Gasteiger partial charge in [-0.25, -0.2) is 9.78 Å². The first-order valence-corrected chi connectivity index (χ1v) is 15.5. The van der Waals surface area contributed by atoms with E-state index in [1.807, 2.05) is 49.1 Å². The molecule has 1 N–H and O–H groups in total. The summed E-state index contributed by atoms with van der Waals surface area (Å²) in [6, 6.07) is 26.9. The van der Waals surface area contributed by atoms with Crippen LogP contribution in [0.1, 0.15) is 43.8 Å². The summed E-state index contributed by atoms with van der Waals surface area (Å²) in [5, 5.41) is 5.57. The molecule has 5 rings (SSSR count). The van der Waals surface area contributed by atoms with Gasteiger partial charge in [0, 0.05) is 50.9 Å². The molecule has 3 aromatic carbocycles. The lowest BCUT2D eigenvalue weighted by Crippen LogP contribution is -2.50. The maximum absolute atomic E-state index is 13.5. The lowest BCUT2D eigenvalue weighted by Gasteiger charge is -2.39. The number of para-hydroxylation sites is 1. The quantitative estimate of drug-likeness (QED) is 0.243. The third-order valence-electron chi connectivity index (χ3n) is 7.86. The highest BCUT2D eigenvalue weighted by Gasteiger charge is 2.29. The van der Waals surface area contributed by atoms with Gasteiger partial charge >= 0.3 is 6.03 Å². The highest BCUT2D eigenvalue weighted by atomic mass is 32.1. The number of anilines is 1. The number of benzene rings is 3. The zero-order valence-corrected chi connectivity index (χ0v) is 25.8. The van der Waals surface area contributed by atoms with Crippen molar-refractivity contribution >= 4 is 29.0 Å². The summed E-state index contributed by atoms with van der Waals surface area (Å²) in [7, 11) is 1.61. The van der Waals surface area contributed by atoms with E-state index in [-0.39, 0.29) is 18.0 Å². The fourth-order valence-electron chi connectivity index (χ4n) is 5.53. The van der Waals surface area contributed by atoms with Crippen molar-refractivity contribution in [1.82, 2.24) is 19.7 Å². The molecule has 1 aromatic heterocycles. The summed E-state index contributed by atoms with van der Waals surface area (Å²) in [6.07, 6.45) is 0. The molecule has 0 spiro atoms.